The molecule has 4 heteroatoms. The van der Waals surface area contributed by atoms with E-state index in [-0.39, 0.29) is 10.6 Å². The molecule has 0 aliphatic carbocycles. The second-order valence-electron chi connectivity index (χ2n) is 3.08. The molecule has 0 fully saturated rings. The first kappa shape index (κ1) is 12.1. The Bertz CT molecular complexity index is 509. The largest absolute Gasteiger partial charge is 0.280 e. The number of hydrogen-bond acceptors (Lipinski definition) is 3. The van der Waals surface area contributed by atoms with Gasteiger partial charge in [0.05, 0.1) is 10.3 Å². The van der Waals surface area contributed by atoms with Gasteiger partial charge in [-0.2, -0.15) is 0 Å². The first-order valence-corrected chi connectivity index (χ1v) is 5.18. The highest BCUT2D eigenvalue weighted by atomic mass is 16.6. The number of nitrogens with zero attached hydrogens (tertiary/aromatic N) is 2. The van der Waals surface area contributed by atoms with E-state index in [1.54, 1.807) is 31.5 Å². The zero-order valence-corrected chi connectivity index (χ0v) is 9.60. The molecule has 2 rings (SSSR count). The molecule has 0 aliphatic rings. The van der Waals surface area contributed by atoms with Gasteiger partial charge >= 0.3 is 0 Å². The lowest BCUT2D eigenvalue weighted by molar-refractivity contribution is -0.383. The number of aryl methyl sites for hydroxylation is 1. The summed E-state index contributed by atoms with van der Waals surface area (Å²) in [6, 6.07) is 5.24. The molecule has 0 saturated heterocycles. The van der Waals surface area contributed by atoms with Gasteiger partial charge in [0.2, 0.25) is 0 Å². The van der Waals surface area contributed by atoms with Gasteiger partial charge in [0.15, 0.2) is 0 Å². The number of fused-ring (bicyclic) bond motifs is 1. The molecule has 0 amide bonds. The average molecular weight is 218 g/mol. The van der Waals surface area contributed by atoms with Crippen LogP contribution in [0.15, 0.2) is 30.6 Å². The molecule has 1 aromatic carbocycles. The Labute approximate surface area is 94.1 Å². The Morgan fingerprint density at radius 3 is 2.56 bits per heavy atom. The number of hydrogen-bond donors (Lipinski definition) is 0. The number of rotatable bonds is 1. The summed E-state index contributed by atoms with van der Waals surface area (Å²) in [5.74, 6) is 0. The monoisotopic (exact) mass is 218 g/mol. The fourth-order valence-electron chi connectivity index (χ4n) is 1.50. The molecule has 0 unspecified atom stereocenters. The van der Waals surface area contributed by atoms with E-state index in [0.29, 0.717) is 10.9 Å². The summed E-state index contributed by atoms with van der Waals surface area (Å²) in [5.41, 5.74) is 0.846. The number of benzene rings is 1. The highest BCUT2D eigenvalue weighted by molar-refractivity contribution is 5.91. The van der Waals surface area contributed by atoms with Crippen LogP contribution >= 0.6 is 0 Å². The van der Waals surface area contributed by atoms with Crippen LogP contribution in [0.2, 0.25) is 0 Å². The maximum atomic E-state index is 10.8. The lowest BCUT2D eigenvalue weighted by Gasteiger charge is -2.01. The minimum Gasteiger partial charge on any atom is -0.264 e. The maximum absolute atomic E-state index is 10.8. The highest BCUT2D eigenvalue weighted by Gasteiger charge is 2.14. The second-order valence-corrected chi connectivity index (χ2v) is 3.08. The Kier molecular flexibility index (Phi) is 3.94. The standard InChI is InChI=1S/C10H8N2O2.C2H6/c1-7-2-3-8-6-11-5-4-9(8)10(7)12(13)14;1-2/h2-6H,1H3;1-2H3. The molecular formula is C12H14N2O2. The molecule has 0 aliphatic heterocycles. The van der Waals surface area contributed by atoms with Crippen LogP contribution in [-0.2, 0) is 0 Å². The predicted octanol–water partition coefficient (Wildman–Crippen LogP) is 3.48. The average Bonchev–Trinajstić information content (AvgIpc) is 2.31. The van der Waals surface area contributed by atoms with Crippen LogP contribution in [0, 0.1) is 17.0 Å². The highest BCUT2D eigenvalue weighted by Crippen LogP contribution is 2.27. The summed E-state index contributed by atoms with van der Waals surface area (Å²) in [7, 11) is 0. The molecule has 0 bridgehead atoms. The third-order valence-corrected chi connectivity index (χ3v) is 2.18. The van der Waals surface area contributed by atoms with Crippen LogP contribution in [0.4, 0.5) is 5.69 Å². The van der Waals surface area contributed by atoms with Crippen molar-refractivity contribution in [2.24, 2.45) is 0 Å². The number of pyridine rings is 1. The van der Waals surface area contributed by atoms with Crippen molar-refractivity contribution >= 4 is 16.5 Å². The first-order valence-electron chi connectivity index (χ1n) is 5.18. The molecule has 1 heterocycles. The molecule has 84 valence electrons. The van der Waals surface area contributed by atoms with Crippen molar-refractivity contribution in [3.05, 3.63) is 46.3 Å². The first-order chi connectivity index (χ1) is 7.70. The van der Waals surface area contributed by atoms with E-state index < -0.39 is 0 Å². The normalized spacial score (nSPS) is 9.44. The Morgan fingerprint density at radius 1 is 1.25 bits per heavy atom. The fraction of sp³-hybridized carbons (Fsp3) is 0.250. The van der Waals surface area contributed by atoms with Gasteiger partial charge < -0.3 is 0 Å². The summed E-state index contributed by atoms with van der Waals surface area (Å²) >= 11 is 0. The van der Waals surface area contributed by atoms with Crippen molar-refractivity contribution in [2.75, 3.05) is 0 Å². The Balaban J connectivity index is 0.000000606. The van der Waals surface area contributed by atoms with Crippen molar-refractivity contribution < 1.29 is 4.92 Å². The molecule has 0 spiro atoms. The van der Waals surface area contributed by atoms with Crippen molar-refractivity contribution in [3.8, 4) is 0 Å². The zero-order valence-electron chi connectivity index (χ0n) is 9.60. The molecule has 16 heavy (non-hydrogen) atoms. The van der Waals surface area contributed by atoms with Crippen molar-refractivity contribution in [3.63, 3.8) is 0 Å². The minimum absolute atomic E-state index is 0.171. The van der Waals surface area contributed by atoms with E-state index in [1.807, 2.05) is 19.9 Å². The molecular weight excluding hydrogens is 204 g/mol. The van der Waals surface area contributed by atoms with Gasteiger partial charge in [0.1, 0.15) is 0 Å². The lowest BCUT2D eigenvalue weighted by Crippen LogP contribution is -1.93. The van der Waals surface area contributed by atoms with E-state index in [9.17, 15) is 10.1 Å². The van der Waals surface area contributed by atoms with E-state index in [0.717, 1.165) is 5.39 Å². The quantitative estimate of drug-likeness (QED) is 0.544. The van der Waals surface area contributed by atoms with Gasteiger partial charge in [0, 0.05) is 23.3 Å². The number of nitro groups is 1. The smallest absolute Gasteiger partial charge is 0.264 e. The molecule has 0 atom stereocenters. The SMILES string of the molecule is CC.Cc1ccc2cnccc2c1[N+](=O)[O-]. The van der Waals surface area contributed by atoms with Crippen LogP contribution < -0.4 is 0 Å². The topological polar surface area (TPSA) is 56.0 Å². The Morgan fingerprint density at radius 2 is 1.94 bits per heavy atom. The van der Waals surface area contributed by atoms with Crippen LogP contribution in [0.1, 0.15) is 19.4 Å². The van der Waals surface area contributed by atoms with Gasteiger partial charge in [-0.25, -0.2) is 0 Å². The molecule has 0 N–H and O–H groups in total. The van der Waals surface area contributed by atoms with Crippen molar-refractivity contribution in [1.82, 2.24) is 4.98 Å². The summed E-state index contributed by atoms with van der Waals surface area (Å²) in [5, 5.41) is 12.3. The van der Waals surface area contributed by atoms with Crippen LogP contribution in [0.5, 0.6) is 0 Å². The molecule has 0 radical (unpaired) electrons. The second kappa shape index (κ2) is 5.21. The van der Waals surface area contributed by atoms with Gasteiger partial charge in [-0.1, -0.05) is 26.0 Å². The van der Waals surface area contributed by atoms with Crippen LogP contribution in [0.25, 0.3) is 10.8 Å². The summed E-state index contributed by atoms with van der Waals surface area (Å²) in [6.45, 7) is 5.73. The minimum atomic E-state index is -0.350. The van der Waals surface area contributed by atoms with Gasteiger partial charge in [-0.15, -0.1) is 0 Å². The fourth-order valence-corrected chi connectivity index (χ4v) is 1.50. The van der Waals surface area contributed by atoms with Gasteiger partial charge in [0.25, 0.3) is 5.69 Å². The molecule has 1 aromatic heterocycles. The summed E-state index contributed by atoms with van der Waals surface area (Å²) < 4.78 is 0. The van der Waals surface area contributed by atoms with E-state index in [1.165, 1.54) is 0 Å². The third kappa shape index (κ3) is 2.16. The lowest BCUT2D eigenvalue weighted by atomic mass is 10.1. The Hall–Kier alpha value is -1.97. The molecule has 4 nitrogen and oxygen atoms in total. The van der Waals surface area contributed by atoms with E-state index in [4.69, 9.17) is 0 Å². The maximum Gasteiger partial charge on any atom is 0.280 e. The van der Waals surface area contributed by atoms with Crippen LogP contribution in [0.3, 0.4) is 0 Å². The molecule has 0 saturated carbocycles. The van der Waals surface area contributed by atoms with Crippen LogP contribution in [-0.4, -0.2) is 9.91 Å². The van der Waals surface area contributed by atoms with E-state index in [2.05, 4.69) is 4.98 Å². The number of aromatic nitrogens is 1. The van der Waals surface area contributed by atoms with E-state index >= 15 is 0 Å². The molecule has 2 aromatic rings. The third-order valence-electron chi connectivity index (χ3n) is 2.18. The van der Waals surface area contributed by atoms with Crippen molar-refractivity contribution in [1.29, 1.82) is 0 Å². The zero-order chi connectivity index (χ0) is 12.1. The summed E-state index contributed by atoms with van der Waals surface area (Å²) in [4.78, 5) is 14.4. The number of nitro benzene ring substituents is 1. The van der Waals surface area contributed by atoms with Gasteiger partial charge in [-0.3, -0.25) is 15.1 Å². The summed E-state index contributed by atoms with van der Waals surface area (Å²) in [6.07, 6.45) is 3.19. The predicted molar refractivity (Wildman–Crippen MR) is 64.5 cm³/mol. The van der Waals surface area contributed by atoms with Crippen molar-refractivity contribution in [2.45, 2.75) is 20.8 Å². The van der Waals surface area contributed by atoms with Gasteiger partial charge in [-0.05, 0) is 13.0 Å².